The second kappa shape index (κ2) is 8.30. The fourth-order valence-electron chi connectivity index (χ4n) is 2.61. The maximum atomic E-state index is 3.52. The summed E-state index contributed by atoms with van der Waals surface area (Å²) in [6, 6.07) is 10.9. The molecule has 0 aliphatic rings. The lowest BCUT2D eigenvalue weighted by Gasteiger charge is -2.25. The van der Waals surface area contributed by atoms with Crippen LogP contribution < -0.4 is 5.32 Å². The average Bonchev–Trinajstić information content (AvgIpc) is 2.38. The molecule has 0 aromatic heterocycles. The van der Waals surface area contributed by atoms with Crippen LogP contribution in [0.15, 0.2) is 30.3 Å². The Balaban J connectivity index is 2.62. The summed E-state index contributed by atoms with van der Waals surface area (Å²) >= 11 is 0. The van der Waals surface area contributed by atoms with Gasteiger partial charge in [-0.2, -0.15) is 0 Å². The van der Waals surface area contributed by atoms with Crippen molar-refractivity contribution < 1.29 is 0 Å². The Morgan fingerprint density at radius 3 is 2.12 bits per heavy atom. The molecule has 1 N–H and O–H groups in total. The average molecular weight is 233 g/mol. The molecular weight excluding hydrogens is 206 g/mol. The smallest absolute Gasteiger partial charge is 0.00148 e. The minimum Gasteiger partial charge on any atom is -0.317 e. The predicted molar refractivity (Wildman–Crippen MR) is 76.3 cm³/mol. The van der Waals surface area contributed by atoms with E-state index in [-0.39, 0.29) is 0 Å². The van der Waals surface area contributed by atoms with Gasteiger partial charge in [0, 0.05) is 0 Å². The molecule has 1 atom stereocenters. The van der Waals surface area contributed by atoms with Gasteiger partial charge in [-0.25, -0.2) is 0 Å². The minimum atomic E-state index is 0.771. The first-order valence-corrected chi connectivity index (χ1v) is 7.06. The summed E-state index contributed by atoms with van der Waals surface area (Å²) in [4.78, 5) is 0. The summed E-state index contributed by atoms with van der Waals surface area (Å²) in [5, 5.41) is 3.52. The maximum absolute atomic E-state index is 3.52. The molecule has 1 aromatic carbocycles. The molecule has 96 valence electrons. The molecule has 1 nitrogen and oxygen atoms in total. The summed E-state index contributed by atoms with van der Waals surface area (Å²) in [5.74, 6) is 1.61. The lowest BCUT2D eigenvalue weighted by Crippen LogP contribution is -2.29. The van der Waals surface area contributed by atoms with Crippen LogP contribution in [0.3, 0.4) is 0 Å². The molecule has 0 amide bonds. The van der Waals surface area contributed by atoms with E-state index in [0.29, 0.717) is 0 Å². The summed E-state index contributed by atoms with van der Waals surface area (Å²) in [5.41, 5.74) is 1.47. The summed E-state index contributed by atoms with van der Waals surface area (Å²) in [7, 11) is 0. The van der Waals surface area contributed by atoms with Crippen molar-refractivity contribution in [1.82, 2.24) is 5.32 Å². The van der Waals surface area contributed by atoms with Gasteiger partial charge in [-0.1, -0.05) is 63.9 Å². The van der Waals surface area contributed by atoms with E-state index in [9.17, 15) is 0 Å². The van der Waals surface area contributed by atoms with Crippen molar-refractivity contribution in [3.63, 3.8) is 0 Å². The minimum absolute atomic E-state index is 0.771. The van der Waals surface area contributed by atoms with E-state index in [2.05, 4.69) is 56.4 Å². The van der Waals surface area contributed by atoms with Gasteiger partial charge in [0.1, 0.15) is 0 Å². The highest BCUT2D eigenvalue weighted by molar-refractivity contribution is 5.15. The first-order valence-electron chi connectivity index (χ1n) is 7.06. The van der Waals surface area contributed by atoms with Gasteiger partial charge in [0.05, 0.1) is 0 Å². The van der Waals surface area contributed by atoms with Gasteiger partial charge in [0.25, 0.3) is 0 Å². The Morgan fingerprint density at radius 2 is 1.59 bits per heavy atom. The van der Waals surface area contributed by atoms with Crippen LogP contribution in [0.4, 0.5) is 0 Å². The van der Waals surface area contributed by atoms with Crippen LogP contribution in [0, 0.1) is 11.8 Å². The van der Waals surface area contributed by atoms with Crippen LogP contribution in [0.5, 0.6) is 0 Å². The Hall–Kier alpha value is -0.820. The maximum Gasteiger partial charge on any atom is -0.00148 e. The van der Waals surface area contributed by atoms with Gasteiger partial charge in [-0.15, -0.1) is 0 Å². The molecule has 0 saturated heterocycles. The third-order valence-electron chi connectivity index (χ3n) is 3.71. The second-order valence-corrected chi connectivity index (χ2v) is 4.83. The fourth-order valence-corrected chi connectivity index (χ4v) is 2.61. The van der Waals surface area contributed by atoms with Crippen molar-refractivity contribution in [3.8, 4) is 0 Å². The molecule has 0 radical (unpaired) electrons. The van der Waals surface area contributed by atoms with Gasteiger partial charge >= 0.3 is 0 Å². The Bertz CT molecular complexity index is 277. The van der Waals surface area contributed by atoms with Crippen LogP contribution in [0.2, 0.25) is 0 Å². The lowest BCUT2D eigenvalue weighted by molar-refractivity contribution is 0.300. The molecule has 1 unspecified atom stereocenters. The molecule has 1 rings (SSSR count). The van der Waals surface area contributed by atoms with E-state index in [1.54, 1.807) is 0 Å². The standard InChI is InChI=1S/C16H27N/c1-4-15(5-2)16(13-17-6-3)12-14-10-8-7-9-11-14/h7-11,15-17H,4-6,12-13H2,1-3H3. The summed E-state index contributed by atoms with van der Waals surface area (Å²) < 4.78 is 0. The van der Waals surface area contributed by atoms with E-state index >= 15 is 0 Å². The highest BCUT2D eigenvalue weighted by Crippen LogP contribution is 2.23. The van der Waals surface area contributed by atoms with Gasteiger partial charge in [-0.05, 0) is 36.9 Å². The van der Waals surface area contributed by atoms with Crippen LogP contribution in [0.25, 0.3) is 0 Å². The summed E-state index contributed by atoms with van der Waals surface area (Å²) in [6.45, 7) is 9.05. The van der Waals surface area contributed by atoms with E-state index in [4.69, 9.17) is 0 Å². The van der Waals surface area contributed by atoms with E-state index in [0.717, 1.165) is 24.9 Å². The second-order valence-electron chi connectivity index (χ2n) is 4.83. The third-order valence-corrected chi connectivity index (χ3v) is 3.71. The third kappa shape index (κ3) is 4.91. The molecular formula is C16H27N. The highest BCUT2D eigenvalue weighted by Gasteiger charge is 2.18. The van der Waals surface area contributed by atoms with Gasteiger partial charge < -0.3 is 5.32 Å². The van der Waals surface area contributed by atoms with Crippen LogP contribution in [-0.4, -0.2) is 13.1 Å². The van der Waals surface area contributed by atoms with Crippen molar-refractivity contribution in [2.45, 2.75) is 40.0 Å². The molecule has 0 aliphatic heterocycles. The zero-order chi connectivity index (χ0) is 12.5. The SMILES string of the molecule is CCNCC(Cc1ccccc1)C(CC)CC. The van der Waals surface area contributed by atoms with Gasteiger partial charge in [0.15, 0.2) is 0 Å². The first-order chi connectivity index (χ1) is 8.31. The number of rotatable bonds is 8. The number of nitrogens with one attached hydrogen (secondary N) is 1. The van der Waals surface area contributed by atoms with Gasteiger partial charge in [0.2, 0.25) is 0 Å². The topological polar surface area (TPSA) is 12.0 Å². The summed E-state index contributed by atoms with van der Waals surface area (Å²) in [6.07, 6.45) is 3.79. The van der Waals surface area contributed by atoms with Crippen molar-refractivity contribution in [2.24, 2.45) is 11.8 Å². The number of hydrogen-bond donors (Lipinski definition) is 1. The highest BCUT2D eigenvalue weighted by atomic mass is 14.8. The molecule has 17 heavy (non-hydrogen) atoms. The molecule has 0 saturated carbocycles. The molecule has 1 aromatic rings. The van der Waals surface area contributed by atoms with E-state index in [1.807, 2.05) is 0 Å². The van der Waals surface area contributed by atoms with Crippen molar-refractivity contribution in [3.05, 3.63) is 35.9 Å². The zero-order valence-corrected chi connectivity index (χ0v) is 11.6. The van der Waals surface area contributed by atoms with Crippen LogP contribution in [0.1, 0.15) is 39.2 Å². The monoisotopic (exact) mass is 233 g/mol. The molecule has 0 heterocycles. The van der Waals surface area contributed by atoms with Gasteiger partial charge in [-0.3, -0.25) is 0 Å². The van der Waals surface area contributed by atoms with Crippen LogP contribution in [-0.2, 0) is 6.42 Å². The molecule has 0 bridgehead atoms. The first kappa shape index (κ1) is 14.2. The molecule has 0 fully saturated rings. The normalized spacial score (nSPS) is 12.9. The fraction of sp³-hybridized carbons (Fsp3) is 0.625. The Labute approximate surface area is 107 Å². The van der Waals surface area contributed by atoms with E-state index < -0.39 is 0 Å². The largest absolute Gasteiger partial charge is 0.317 e. The molecule has 1 heteroatoms. The Kier molecular flexibility index (Phi) is 6.95. The molecule has 0 spiro atoms. The lowest BCUT2D eigenvalue weighted by atomic mass is 9.83. The van der Waals surface area contributed by atoms with Crippen molar-refractivity contribution >= 4 is 0 Å². The molecule has 0 aliphatic carbocycles. The zero-order valence-electron chi connectivity index (χ0n) is 11.6. The quantitative estimate of drug-likeness (QED) is 0.718. The van der Waals surface area contributed by atoms with Crippen molar-refractivity contribution in [1.29, 1.82) is 0 Å². The number of hydrogen-bond acceptors (Lipinski definition) is 1. The van der Waals surface area contributed by atoms with E-state index in [1.165, 1.54) is 24.8 Å². The predicted octanol–water partition coefficient (Wildman–Crippen LogP) is 3.89. The Morgan fingerprint density at radius 1 is 0.941 bits per heavy atom. The van der Waals surface area contributed by atoms with Crippen LogP contribution >= 0.6 is 0 Å². The number of benzene rings is 1. The van der Waals surface area contributed by atoms with Crippen molar-refractivity contribution in [2.75, 3.05) is 13.1 Å².